The predicted molar refractivity (Wildman–Crippen MR) is 126 cm³/mol. The molecule has 1 aliphatic rings. The van der Waals surface area contributed by atoms with Gasteiger partial charge in [0.15, 0.2) is 5.82 Å². The topological polar surface area (TPSA) is 138 Å². The van der Waals surface area contributed by atoms with Crippen molar-refractivity contribution in [2.45, 2.75) is 32.1 Å². The number of aromatic nitrogens is 4. The molecule has 1 atom stereocenters. The lowest BCUT2D eigenvalue weighted by Crippen LogP contribution is -2.41. The summed E-state index contributed by atoms with van der Waals surface area (Å²) in [6.07, 6.45) is 2.55. The van der Waals surface area contributed by atoms with E-state index in [-0.39, 0.29) is 18.6 Å². The van der Waals surface area contributed by atoms with E-state index in [0.29, 0.717) is 37.7 Å². The summed E-state index contributed by atoms with van der Waals surface area (Å²) in [7, 11) is 1.55. The molecule has 0 spiro atoms. The lowest BCUT2D eigenvalue weighted by Gasteiger charge is -2.24. The van der Waals surface area contributed by atoms with Gasteiger partial charge in [0, 0.05) is 42.8 Å². The van der Waals surface area contributed by atoms with Crippen LogP contribution in [0.2, 0.25) is 0 Å². The van der Waals surface area contributed by atoms with Gasteiger partial charge in [0.05, 0.1) is 26.3 Å². The number of benzene rings is 1. The van der Waals surface area contributed by atoms with Crippen LogP contribution in [0.25, 0.3) is 0 Å². The first kappa shape index (κ1) is 23.6. The first-order chi connectivity index (χ1) is 16.7. The summed E-state index contributed by atoms with van der Waals surface area (Å²) in [4.78, 5) is 16.8. The average Bonchev–Trinajstić information content (AvgIpc) is 3.29. The molecule has 11 heteroatoms. The smallest absolute Gasteiger partial charge is 0.251 e. The molecule has 0 aliphatic carbocycles. The standard InChI is InChI=1S/C23H30N8O3/c1-34-23-17(5-3-8-25-23)13-27-22(33)16-4-2-6-18(12-16)26-14-20-29-30-21(31(20)10-11-32)19-7-9-24-15-28-19/h2-6,8,12,19,24,26,28,32H,7,9-11,13-15H2,1H3,(H,27,33). The highest BCUT2D eigenvalue weighted by molar-refractivity contribution is 5.95. The average molecular weight is 467 g/mol. The maximum atomic E-state index is 12.7. The maximum absolute atomic E-state index is 12.7. The summed E-state index contributed by atoms with van der Waals surface area (Å²) in [6.45, 7) is 2.76. The Balaban J connectivity index is 1.40. The monoisotopic (exact) mass is 466 g/mol. The number of hydrogen-bond acceptors (Lipinski definition) is 9. The van der Waals surface area contributed by atoms with E-state index in [4.69, 9.17) is 4.74 Å². The van der Waals surface area contributed by atoms with Gasteiger partial charge in [-0.2, -0.15) is 0 Å². The van der Waals surface area contributed by atoms with Crippen molar-refractivity contribution < 1.29 is 14.6 Å². The molecule has 11 nitrogen and oxygen atoms in total. The molecule has 1 fully saturated rings. The number of hydrogen-bond donors (Lipinski definition) is 5. The minimum Gasteiger partial charge on any atom is -0.481 e. The summed E-state index contributed by atoms with van der Waals surface area (Å²) >= 11 is 0. The molecule has 180 valence electrons. The Kier molecular flexibility index (Phi) is 8.02. The second-order valence-electron chi connectivity index (χ2n) is 7.86. The Morgan fingerprint density at radius 1 is 1.26 bits per heavy atom. The van der Waals surface area contributed by atoms with Crippen LogP contribution in [0.4, 0.5) is 5.69 Å². The number of carbonyl (C=O) groups excluding carboxylic acids is 1. The van der Waals surface area contributed by atoms with Crippen molar-refractivity contribution in [3.8, 4) is 5.88 Å². The van der Waals surface area contributed by atoms with Crippen LogP contribution in [-0.2, 0) is 19.6 Å². The van der Waals surface area contributed by atoms with Gasteiger partial charge >= 0.3 is 0 Å². The molecule has 2 aromatic heterocycles. The van der Waals surface area contributed by atoms with Gasteiger partial charge in [0.1, 0.15) is 5.82 Å². The fourth-order valence-electron chi connectivity index (χ4n) is 3.91. The number of ether oxygens (including phenoxy) is 1. The Bertz CT molecular complexity index is 1100. The van der Waals surface area contributed by atoms with Crippen molar-refractivity contribution in [3.63, 3.8) is 0 Å². The quantitative estimate of drug-likeness (QED) is 0.294. The van der Waals surface area contributed by atoms with E-state index in [1.54, 1.807) is 31.5 Å². The number of nitrogens with zero attached hydrogens (tertiary/aromatic N) is 4. The molecule has 5 N–H and O–H groups in total. The van der Waals surface area contributed by atoms with Crippen molar-refractivity contribution in [2.75, 3.05) is 32.2 Å². The van der Waals surface area contributed by atoms with Crippen LogP contribution >= 0.6 is 0 Å². The second-order valence-corrected chi connectivity index (χ2v) is 7.86. The zero-order valence-corrected chi connectivity index (χ0v) is 19.1. The number of carbonyl (C=O) groups is 1. The normalized spacial score (nSPS) is 15.6. The van der Waals surface area contributed by atoms with Gasteiger partial charge in [0.25, 0.3) is 5.91 Å². The molecule has 0 saturated carbocycles. The van der Waals surface area contributed by atoms with Crippen molar-refractivity contribution in [3.05, 3.63) is 65.4 Å². The van der Waals surface area contributed by atoms with Crippen LogP contribution in [-0.4, -0.2) is 57.7 Å². The molecule has 1 saturated heterocycles. The largest absolute Gasteiger partial charge is 0.481 e. The molecule has 1 aliphatic heterocycles. The van der Waals surface area contributed by atoms with Crippen LogP contribution in [0.1, 0.15) is 40.0 Å². The number of amides is 1. The molecule has 3 heterocycles. The van der Waals surface area contributed by atoms with Crippen LogP contribution in [0, 0.1) is 0 Å². The zero-order chi connectivity index (χ0) is 23.8. The van der Waals surface area contributed by atoms with E-state index in [2.05, 4.69) is 36.4 Å². The van der Waals surface area contributed by atoms with Crippen molar-refractivity contribution in [1.82, 2.24) is 35.7 Å². The highest BCUT2D eigenvalue weighted by Crippen LogP contribution is 2.19. The molecular weight excluding hydrogens is 436 g/mol. The Morgan fingerprint density at radius 2 is 2.18 bits per heavy atom. The van der Waals surface area contributed by atoms with Gasteiger partial charge in [-0.1, -0.05) is 12.1 Å². The van der Waals surface area contributed by atoms with E-state index >= 15 is 0 Å². The first-order valence-corrected chi connectivity index (χ1v) is 11.3. The Labute approximate surface area is 198 Å². The molecular formula is C23H30N8O3. The lowest BCUT2D eigenvalue weighted by atomic mass is 10.1. The number of rotatable bonds is 10. The molecule has 1 unspecified atom stereocenters. The molecule has 1 amide bonds. The summed E-state index contributed by atoms with van der Waals surface area (Å²) in [5.74, 6) is 1.84. The SMILES string of the molecule is COc1ncccc1CNC(=O)c1cccc(NCc2nnc(C3CCNCN3)n2CCO)c1. The zero-order valence-electron chi connectivity index (χ0n) is 19.1. The van der Waals surface area contributed by atoms with Crippen molar-refractivity contribution in [2.24, 2.45) is 0 Å². The lowest BCUT2D eigenvalue weighted by molar-refractivity contribution is 0.0950. The number of aliphatic hydroxyl groups excluding tert-OH is 1. The highest BCUT2D eigenvalue weighted by atomic mass is 16.5. The fraction of sp³-hybridized carbons (Fsp3) is 0.391. The van der Waals surface area contributed by atoms with E-state index in [1.165, 1.54) is 0 Å². The number of pyridine rings is 1. The van der Waals surface area contributed by atoms with Gasteiger partial charge < -0.3 is 30.4 Å². The van der Waals surface area contributed by atoms with E-state index in [1.807, 2.05) is 22.8 Å². The van der Waals surface area contributed by atoms with E-state index in [9.17, 15) is 9.90 Å². The predicted octanol–water partition coefficient (Wildman–Crippen LogP) is 0.798. The third-order valence-corrected chi connectivity index (χ3v) is 5.63. The van der Waals surface area contributed by atoms with Crippen molar-refractivity contribution >= 4 is 11.6 Å². The Morgan fingerprint density at radius 3 is 2.97 bits per heavy atom. The summed E-state index contributed by atoms with van der Waals surface area (Å²) in [6, 6.07) is 11.0. The fourth-order valence-corrected chi connectivity index (χ4v) is 3.91. The van der Waals surface area contributed by atoms with Gasteiger partial charge in [-0.05, 0) is 37.2 Å². The number of aliphatic hydroxyl groups is 1. The third-order valence-electron chi connectivity index (χ3n) is 5.63. The number of nitrogens with one attached hydrogen (secondary N) is 4. The minimum absolute atomic E-state index is 0.000383. The number of methoxy groups -OCH3 is 1. The summed E-state index contributed by atoms with van der Waals surface area (Å²) in [5.41, 5.74) is 2.12. The van der Waals surface area contributed by atoms with Gasteiger partial charge in [0.2, 0.25) is 5.88 Å². The minimum atomic E-state index is -0.197. The molecule has 34 heavy (non-hydrogen) atoms. The van der Waals surface area contributed by atoms with Crippen molar-refractivity contribution in [1.29, 1.82) is 0 Å². The second kappa shape index (κ2) is 11.5. The molecule has 3 aromatic rings. The third kappa shape index (κ3) is 5.68. The van der Waals surface area contributed by atoms with Gasteiger partial charge in [-0.25, -0.2) is 4.98 Å². The first-order valence-electron chi connectivity index (χ1n) is 11.3. The molecule has 0 bridgehead atoms. The number of anilines is 1. The molecule has 1 aromatic carbocycles. The van der Waals surface area contributed by atoms with Crippen LogP contribution in [0.5, 0.6) is 5.88 Å². The van der Waals surface area contributed by atoms with E-state index < -0.39 is 0 Å². The Hall–Kier alpha value is -3.54. The highest BCUT2D eigenvalue weighted by Gasteiger charge is 2.22. The molecule has 4 rings (SSSR count). The van der Waals surface area contributed by atoms with Gasteiger partial charge in [-0.15, -0.1) is 10.2 Å². The summed E-state index contributed by atoms with van der Waals surface area (Å²) < 4.78 is 7.19. The van der Waals surface area contributed by atoms with Crippen LogP contribution in [0.15, 0.2) is 42.6 Å². The van der Waals surface area contributed by atoms with E-state index in [0.717, 1.165) is 35.9 Å². The maximum Gasteiger partial charge on any atom is 0.251 e. The van der Waals surface area contributed by atoms with Crippen LogP contribution < -0.4 is 26.0 Å². The summed E-state index contributed by atoms with van der Waals surface area (Å²) in [5, 5.41) is 31.1. The van der Waals surface area contributed by atoms with Crippen LogP contribution in [0.3, 0.4) is 0 Å². The van der Waals surface area contributed by atoms with Gasteiger partial charge in [-0.3, -0.25) is 10.1 Å². The molecule has 0 radical (unpaired) electrons.